The average molecular weight is 400 g/mol. The van der Waals surface area contributed by atoms with Crippen LogP contribution in [0.25, 0.3) is 17.0 Å². The molecular formula is C20H22F2N6O. The molecule has 4 heterocycles. The lowest BCUT2D eigenvalue weighted by Crippen LogP contribution is -2.46. The van der Waals surface area contributed by atoms with Gasteiger partial charge < -0.3 is 15.4 Å². The van der Waals surface area contributed by atoms with Crippen LogP contribution in [0.3, 0.4) is 0 Å². The number of halogens is 2. The molecule has 5 rings (SSSR count). The summed E-state index contributed by atoms with van der Waals surface area (Å²) < 4.78 is 35.6. The van der Waals surface area contributed by atoms with E-state index >= 15 is 0 Å². The number of hydrogen-bond acceptors (Lipinski definition) is 6. The normalized spacial score (nSPS) is 22.0. The van der Waals surface area contributed by atoms with Crippen molar-refractivity contribution >= 4 is 11.5 Å². The summed E-state index contributed by atoms with van der Waals surface area (Å²) in [6.45, 7) is 1.11. The summed E-state index contributed by atoms with van der Waals surface area (Å²) in [6.07, 6.45) is 3.18. The van der Waals surface area contributed by atoms with Gasteiger partial charge in [-0.05, 0) is 25.8 Å². The molecule has 3 aromatic heterocycles. The Morgan fingerprint density at radius 2 is 2.10 bits per heavy atom. The van der Waals surface area contributed by atoms with E-state index in [1.54, 1.807) is 17.8 Å². The fraction of sp³-hybridized carbons (Fsp3) is 0.450. The molecule has 1 saturated heterocycles. The Balaban J connectivity index is 1.52. The standard InChI is InChI=1S/C20H22F2N6O/c1-29-17-8-19-24-10-16(28(19)27-20(17)11-2-3-11)14-6-12(21)7-18(25-14)26-15-9-23-5-4-13(15)22/h6-8,10-11,13,15,23H,2-5,9H2,1H3,(H,25,26). The van der Waals surface area contributed by atoms with E-state index < -0.39 is 18.0 Å². The summed E-state index contributed by atoms with van der Waals surface area (Å²) >= 11 is 0. The van der Waals surface area contributed by atoms with Gasteiger partial charge in [-0.2, -0.15) is 5.10 Å². The number of ether oxygens (including phenoxy) is 1. The Kier molecular flexibility index (Phi) is 4.54. The Bertz CT molecular complexity index is 1050. The van der Waals surface area contributed by atoms with E-state index in [2.05, 4.69) is 20.6 Å². The van der Waals surface area contributed by atoms with Gasteiger partial charge in [0.15, 0.2) is 5.65 Å². The van der Waals surface area contributed by atoms with Gasteiger partial charge in [-0.3, -0.25) is 0 Å². The summed E-state index contributed by atoms with van der Waals surface area (Å²) in [5.41, 5.74) is 2.44. The van der Waals surface area contributed by atoms with Crippen LogP contribution in [0.1, 0.15) is 30.9 Å². The van der Waals surface area contributed by atoms with Crippen molar-refractivity contribution in [1.29, 1.82) is 0 Å². The van der Waals surface area contributed by atoms with Gasteiger partial charge in [0.25, 0.3) is 0 Å². The fourth-order valence-corrected chi connectivity index (χ4v) is 3.75. The monoisotopic (exact) mass is 400 g/mol. The third-order valence-corrected chi connectivity index (χ3v) is 5.45. The van der Waals surface area contributed by atoms with Crippen molar-refractivity contribution in [3.05, 3.63) is 35.9 Å². The molecule has 2 unspecified atom stereocenters. The number of nitrogens with zero attached hydrogens (tertiary/aromatic N) is 4. The topological polar surface area (TPSA) is 76.4 Å². The largest absolute Gasteiger partial charge is 0.495 e. The highest BCUT2D eigenvalue weighted by Gasteiger charge is 2.30. The van der Waals surface area contributed by atoms with E-state index in [0.29, 0.717) is 54.0 Å². The molecular weight excluding hydrogens is 378 g/mol. The first kappa shape index (κ1) is 18.2. The van der Waals surface area contributed by atoms with Crippen LogP contribution >= 0.6 is 0 Å². The maximum Gasteiger partial charge on any atom is 0.157 e. The van der Waals surface area contributed by atoms with Crippen LogP contribution in [0.2, 0.25) is 0 Å². The lowest BCUT2D eigenvalue weighted by atomic mass is 10.1. The summed E-state index contributed by atoms with van der Waals surface area (Å²) in [6, 6.07) is 4.00. The molecule has 0 spiro atoms. The number of alkyl halides is 1. The minimum absolute atomic E-state index is 0.294. The van der Waals surface area contributed by atoms with Crippen LogP contribution in [0.15, 0.2) is 24.4 Å². The van der Waals surface area contributed by atoms with Gasteiger partial charge in [-0.25, -0.2) is 23.3 Å². The molecule has 0 radical (unpaired) electrons. The van der Waals surface area contributed by atoms with Gasteiger partial charge >= 0.3 is 0 Å². The first-order valence-electron chi connectivity index (χ1n) is 9.84. The summed E-state index contributed by atoms with van der Waals surface area (Å²) in [5.74, 6) is 0.929. The number of rotatable bonds is 5. The maximum atomic E-state index is 14.3. The molecule has 2 fully saturated rings. The minimum atomic E-state index is -1.00. The van der Waals surface area contributed by atoms with Crippen molar-refractivity contribution in [2.24, 2.45) is 0 Å². The van der Waals surface area contributed by atoms with Gasteiger partial charge in [-0.1, -0.05) is 0 Å². The van der Waals surface area contributed by atoms with Gasteiger partial charge in [-0.15, -0.1) is 0 Å². The number of aromatic nitrogens is 4. The molecule has 2 aliphatic rings. The number of hydrogen-bond donors (Lipinski definition) is 2. The number of pyridine rings is 1. The molecule has 1 saturated carbocycles. The molecule has 2 N–H and O–H groups in total. The molecule has 7 nitrogen and oxygen atoms in total. The predicted octanol–water partition coefficient (Wildman–Crippen LogP) is 2.93. The van der Waals surface area contributed by atoms with E-state index in [1.165, 1.54) is 12.1 Å². The molecule has 152 valence electrons. The van der Waals surface area contributed by atoms with Crippen molar-refractivity contribution < 1.29 is 13.5 Å². The minimum Gasteiger partial charge on any atom is -0.495 e. The Morgan fingerprint density at radius 3 is 2.86 bits per heavy atom. The van der Waals surface area contributed by atoms with Crippen LogP contribution in [-0.2, 0) is 0 Å². The molecule has 1 aliphatic heterocycles. The molecule has 2 atom stereocenters. The van der Waals surface area contributed by atoms with Gasteiger partial charge in [0, 0.05) is 30.7 Å². The Labute approximate surface area is 166 Å². The van der Waals surface area contributed by atoms with Crippen LogP contribution in [0, 0.1) is 5.82 Å². The SMILES string of the molecule is COc1cc2ncc(-c3cc(F)cc(NC4CNCCC4F)n3)n2nc1C1CC1. The zero-order chi connectivity index (χ0) is 20.0. The predicted molar refractivity (Wildman–Crippen MR) is 104 cm³/mol. The molecule has 3 aromatic rings. The summed E-state index contributed by atoms with van der Waals surface area (Å²) in [5, 5.41) is 10.9. The van der Waals surface area contributed by atoms with E-state index in [0.717, 1.165) is 18.5 Å². The van der Waals surface area contributed by atoms with Crippen molar-refractivity contribution in [2.45, 2.75) is 37.4 Å². The summed E-state index contributed by atoms with van der Waals surface area (Å²) in [4.78, 5) is 8.89. The smallest absolute Gasteiger partial charge is 0.157 e. The lowest BCUT2D eigenvalue weighted by molar-refractivity contribution is 0.241. The van der Waals surface area contributed by atoms with Crippen LogP contribution in [0.5, 0.6) is 5.75 Å². The second-order valence-corrected chi connectivity index (χ2v) is 7.60. The summed E-state index contributed by atoms with van der Waals surface area (Å²) in [7, 11) is 1.62. The number of anilines is 1. The molecule has 0 amide bonds. The lowest BCUT2D eigenvalue weighted by Gasteiger charge is -2.28. The second kappa shape index (κ2) is 7.22. The highest BCUT2D eigenvalue weighted by atomic mass is 19.1. The van der Waals surface area contributed by atoms with Crippen LogP contribution in [0.4, 0.5) is 14.6 Å². The highest BCUT2D eigenvalue weighted by molar-refractivity contribution is 5.62. The number of methoxy groups -OCH3 is 1. The van der Waals surface area contributed by atoms with Gasteiger partial charge in [0.05, 0.1) is 25.0 Å². The number of nitrogens with one attached hydrogen (secondary N) is 2. The zero-order valence-electron chi connectivity index (χ0n) is 16.0. The number of fused-ring (bicyclic) bond motifs is 1. The highest BCUT2D eigenvalue weighted by Crippen LogP contribution is 2.43. The molecule has 0 aromatic carbocycles. The van der Waals surface area contributed by atoms with Gasteiger partial charge in [0.1, 0.15) is 34.9 Å². The van der Waals surface area contributed by atoms with E-state index in [9.17, 15) is 8.78 Å². The van der Waals surface area contributed by atoms with Gasteiger partial charge in [0.2, 0.25) is 0 Å². The van der Waals surface area contributed by atoms with E-state index in [1.807, 2.05) is 6.07 Å². The third-order valence-electron chi connectivity index (χ3n) is 5.45. The van der Waals surface area contributed by atoms with Crippen LogP contribution in [-0.4, -0.2) is 52.0 Å². The van der Waals surface area contributed by atoms with Crippen molar-refractivity contribution in [3.8, 4) is 17.1 Å². The fourth-order valence-electron chi connectivity index (χ4n) is 3.75. The Morgan fingerprint density at radius 1 is 1.24 bits per heavy atom. The van der Waals surface area contributed by atoms with E-state index in [-0.39, 0.29) is 0 Å². The van der Waals surface area contributed by atoms with Crippen molar-refractivity contribution in [2.75, 3.05) is 25.5 Å². The maximum absolute atomic E-state index is 14.3. The molecule has 9 heteroatoms. The molecule has 29 heavy (non-hydrogen) atoms. The first-order chi connectivity index (χ1) is 14.1. The zero-order valence-corrected chi connectivity index (χ0v) is 16.0. The first-order valence-corrected chi connectivity index (χ1v) is 9.84. The van der Waals surface area contributed by atoms with E-state index in [4.69, 9.17) is 9.84 Å². The van der Waals surface area contributed by atoms with Crippen molar-refractivity contribution in [1.82, 2.24) is 24.9 Å². The van der Waals surface area contributed by atoms with Crippen LogP contribution < -0.4 is 15.4 Å². The number of piperidine rings is 1. The van der Waals surface area contributed by atoms with Crippen molar-refractivity contribution in [3.63, 3.8) is 0 Å². The second-order valence-electron chi connectivity index (χ2n) is 7.60. The molecule has 1 aliphatic carbocycles. The Hall–Kier alpha value is -2.81. The number of imidazole rings is 1. The molecule has 0 bridgehead atoms. The third kappa shape index (κ3) is 3.50. The average Bonchev–Trinajstić information content (AvgIpc) is 3.48. The quantitative estimate of drug-likeness (QED) is 0.686.